The Hall–Kier alpha value is -3.76. The van der Waals surface area contributed by atoms with Gasteiger partial charge in [-0.15, -0.1) is 0 Å². The number of halogens is 3. The van der Waals surface area contributed by atoms with Crippen molar-refractivity contribution in [3.8, 4) is 11.6 Å². The second-order valence-electron chi connectivity index (χ2n) is 8.68. The molecule has 0 unspecified atom stereocenters. The van der Waals surface area contributed by atoms with Crippen LogP contribution in [0, 0.1) is 0 Å². The quantitative estimate of drug-likeness (QED) is 0.164. The molecule has 3 N–H and O–H groups in total. The van der Waals surface area contributed by atoms with Gasteiger partial charge in [0.15, 0.2) is 0 Å². The zero-order valence-electron chi connectivity index (χ0n) is 20.6. The number of aromatic amines is 1. The van der Waals surface area contributed by atoms with Gasteiger partial charge in [-0.25, -0.2) is 13.4 Å². The topological polar surface area (TPSA) is 113 Å². The second-order valence-corrected chi connectivity index (χ2v) is 11.6. The van der Waals surface area contributed by atoms with Crippen LogP contribution < -0.4 is 14.8 Å². The van der Waals surface area contributed by atoms with Gasteiger partial charge in [-0.1, -0.05) is 53.0 Å². The Kier molecular flexibility index (Phi) is 8.18. The zero-order chi connectivity index (χ0) is 28.3. The highest BCUT2D eigenvalue weighted by molar-refractivity contribution is 7.92. The fourth-order valence-corrected chi connectivity index (χ4v) is 5.56. The highest BCUT2D eigenvalue weighted by Gasteiger charge is 2.20. The van der Waals surface area contributed by atoms with Crippen LogP contribution in [0.5, 0.6) is 11.6 Å². The zero-order valence-corrected chi connectivity index (χ0v) is 23.7. The van der Waals surface area contributed by atoms with Gasteiger partial charge >= 0.3 is 0 Å². The third kappa shape index (κ3) is 6.34. The third-order valence-corrected chi connectivity index (χ3v) is 8.26. The monoisotopic (exact) mass is 614 g/mol. The smallest absolute Gasteiger partial charge is 0.262 e. The van der Waals surface area contributed by atoms with Gasteiger partial charge in [0.05, 0.1) is 20.0 Å². The van der Waals surface area contributed by atoms with Crippen molar-refractivity contribution < 1.29 is 17.9 Å². The molecule has 0 aliphatic heterocycles. The van der Waals surface area contributed by atoms with Crippen molar-refractivity contribution in [1.82, 2.24) is 15.3 Å². The van der Waals surface area contributed by atoms with Crippen LogP contribution in [0.3, 0.4) is 0 Å². The van der Waals surface area contributed by atoms with Gasteiger partial charge in [0.1, 0.15) is 11.4 Å². The molecule has 0 spiro atoms. The van der Waals surface area contributed by atoms with Crippen molar-refractivity contribution in [1.29, 1.82) is 0 Å². The molecule has 0 radical (unpaired) electrons. The first-order valence-electron chi connectivity index (χ1n) is 11.9. The maximum atomic E-state index is 12.9. The van der Waals surface area contributed by atoms with E-state index in [1.165, 1.54) is 30.5 Å². The van der Waals surface area contributed by atoms with Crippen molar-refractivity contribution >= 4 is 67.3 Å². The van der Waals surface area contributed by atoms with E-state index in [0.717, 1.165) is 16.5 Å². The van der Waals surface area contributed by atoms with E-state index in [-0.39, 0.29) is 37.4 Å². The van der Waals surface area contributed by atoms with E-state index >= 15 is 0 Å². The van der Waals surface area contributed by atoms with E-state index in [0.29, 0.717) is 24.3 Å². The Morgan fingerprint density at radius 2 is 1.73 bits per heavy atom. The molecule has 0 aliphatic rings. The number of hydrogen-bond acceptors (Lipinski definition) is 5. The van der Waals surface area contributed by atoms with Crippen LogP contribution in [0.15, 0.2) is 90.1 Å². The molecule has 0 bridgehead atoms. The van der Waals surface area contributed by atoms with E-state index in [2.05, 4.69) is 20.0 Å². The summed E-state index contributed by atoms with van der Waals surface area (Å²) in [7, 11) is -4.07. The molecule has 40 heavy (non-hydrogen) atoms. The number of nitrogens with one attached hydrogen (secondary N) is 3. The molecule has 204 valence electrons. The SMILES string of the molecule is O=C(NCCc1c[nH]c2ccccc12)c1ccc(Oc2ncc(Cl)cc2NS(=O)(=O)c2ccc(Cl)c(Cl)c2)cc1. The minimum Gasteiger partial charge on any atom is -0.437 e. The van der Waals surface area contributed by atoms with Gasteiger partial charge in [-0.3, -0.25) is 9.52 Å². The van der Waals surface area contributed by atoms with Gasteiger partial charge < -0.3 is 15.0 Å². The number of rotatable bonds is 9. The van der Waals surface area contributed by atoms with Crippen molar-refractivity contribution in [2.45, 2.75) is 11.3 Å². The molecule has 0 saturated heterocycles. The molecule has 2 heterocycles. The van der Waals surface area contributed by atoms with E-state index in [9.17, 15) is 13.2 Å². The first kappa shape index (κ1) is 27.8. The third-order valence-electron chi connectivity index (χ3n) is 5.95. The molecule has 0 aliphatic carbocycles. The first-order chi connectivity index (χ1) is 19.2. The van der Waals surface area contributed by atoms with Gasteiger partial charge in [0, 0.05) is 35.4 Å². The summed E-state index contributed by atoms with van der Waals surface area (Å²) in [4.78, 5) is 19.9. The summed E-state index contributed by atoms with van der Waals surface area (Å²) in [6.07, 6.45) is 3.95. The number of sulfonamides is 1. The number of para-hydroxylation sites is 1. The molecule has 2 aromatic heterocycles. The number of amides is 1. The lowest BCUT2D eigenvalue weighted by Gasteiger charge is -2.13. The van der Waals surface area contributed by atoms with Crippen LogP contribution in [0.4, 0.5) is 5.69 Å². The minimum atomic E-state index is -4.07. The number of nitrogens with zero attached hydrogens (tertiary/aromatic N) is 1. The number of benzene rings is 3. The molecular formula is C28H21Cl3N4O4S. The molecular weight excluding hydrogens is 595 g/mol. The average Bonchev–Trinajstić information content (AvgIpc) is 3.35. The fourth-order valence-electron chi connectivity index (χ4n) is 3.97. The number of anilines is 1. The van der Waals surface area contributed by atoms with Crippen molar-refractivity contribution in [3.05, 3.63) is 111 Å². The van der Waals surface area contributed by atoms with E-state index in [4.69, 9.17) is 39.5 Å². The lowest BCUT2D eigenvalue weighted by atomic mass is 10.1. The van der Waals surface area contributed by atoms with Gasteiger partial charge in [0.2, 0.25) is 5.88 Å². The Labute approximate surface area is 245 Å². The van der Waals surface area contributed by atoms with Crippen molar-refractivity contribution in [2.24, 2.45) is 0 Å². The predicted molar refractivity (Wildman–Crippen MR) is 157 cm³/mol. The molecule has 5 rings (SSSR count). The highest BCUT2D eigenvalue weighted by Crippen LogP contribution is 2.32. The van der Waals surface area contributed by atoms with Crippen LogP contribution in [0.25, 0.3) is 10.9 Å². The van der Waals surface area contributed by atoms with Crippen LogP contribution in [-0.4, -0.2) is 30.8 Å². The van der Waals surface area contributed by atoms with E-state index in [1.54, 1.807) is 24.3 Å². The van der Waals surface area contributed by atoms with E-state index in [1.807, 2.05) is 30.5 Å². The van der Waals surface area contributed by atoms with Crippen LogP contribution in [-0.2, 0) is 16.4 Å². The molecule has 0 saturated carbocycles. The largest absolute Gasteiger partial charge is 0.437 e. The van der Waals surface area contributed by atoms with E-state index < -0.39 is 10.0 Å². The van der Waals surface area contributed by atoms with Gasteiger partial charge in [-0.2, -0.15) is 0 Å². The number of carbonyl (C=O) groups excluding carboxylic acids is 1. The average molecular weight is 616 g/mol. The lowest BCUT2D eigenvalue weighted by molar-refractivity contribution is 0.0954. The van der Waals surface area contributed by atoms with Gasteiger partial charge in [0.25, 0.3) is 15.9 Å². The maximum Gasteiger partial charge on any atom is 0.262 e. The number of ether oxygens (including phenoxy) is 1. The van der Waals surface area contributed by atoms with Gasteiger partial charge in [-0.05, 0) is 66.6 Å². The number of carbonyl (C=O) groups is 1. The molecule has 5 aromatic rings. The minimum absolute atomic E-state index is 0.0117. The summed E-state index contributed by atoms with van der Waals surface area (Å²) in [5, 5.41) is 4.56. The molecule has 8 nitrogen and oxygen atoms in total. The highest BCUT2D eigenvalue weighted by atomic mass is 35.5. The Bertz CT molecular complexity index is 1810. The number of H-pyrrole nitrogens is 1. The standard InChI is InChI=1S/C28H21Cl3N4O4S/c29-19-13-26(35-40(37,38)21-9-10-23(30)24(31)14-21)28(34-16-19)39-20-7-5-17(6-8-20)27(36)32-12-11-18-15-33-25-4-2-1-3-22(18)25/h1-10,13-16,33,35H,11-12H2,(H,32,36). The number of pyridine rings is 1. The normalized spacial score (nSPS) is 11.4. The van der Waals surface area contributed by atoms with Crippen LogP contribution in [0.2, 0.25) is 15.1 Å². The molecule has 3 aromatic carbocycles. The number of fused-ring (bicyclic) bond motifs is 1. The summed E-state index contributed by atoms with van der Waals surface area (Å²) in [6.45, 7) is 0.468. The summed E-state index contributed by atoms with van der Waals surface area (Å²) >= 11 is 17.9. The molecule has 1 amide bonds. The van der Waals surface area contributed by atoms with Crippen LogP contribution in [0.1, 0.15) is 15.9 Å². The summed E-state index contributed by atoms with van der Waals surface area (Å²) in [5.74, 6) is 0.0650. The van der Waals surface area contributed by atoms with Crippen LogP contribution >= 0.6 is 34.8 Å². The number of aromatic nitrogens is 2. The molecule has 0 fully saturated rings. The first-order valence-corrected chi connectivity index (χ1v) is 14.6. The lowest BCUT2D eigenvalue weighted by Crippen LogP contribution is -2.25. The summed E-state index contributed by atoms with van der Waals surface area (Å²) in [5.41, 5.74) is 2.63. The van der Waals surface area contributed by atoms with Crippen molar-refractivity contribution in [2.75, 3.05) is 11.3 Å². The summed E-state index contributed by atoms with van der Waals surface area (Å²) in [6, 6.07) is 19.7. The van der Waals surface area contributed by atoms with Crippen molar-refractivity contribution in [3.63, 3.8) is 0 Å². The Balaban J connectivity index is 1.24. The summed E-state index contributed by atoms with van der Waals surface area (Å²) < 4.78 is 34.1. The second kappa shape index (κ2) is 11.8. The fraction of sp³-hybridized carbons (Fsp3) is 0.0714. The maximum absolute atomic E-state index is 12.9. The molecule has 12 heteroatoms. The predicted octanol–water partition coefficient (Wildman–Crippen LogP) is 7.09. The Morgan fingerprint density at radius 3 is 2.50 bits per heavy atom. The number of hydrogen-bond donors (Lipinski definition) is 3. The molecule has 0 atom stereocenters. The Morgan fingerprint density at radius 1 is 0.950 bits per heavy atom.